The van der Waals surface area contributed by atoms with Crippen LogP contribution in [0.4, 0.5) is 0 Å². The van der Waals surface area contributed by atoms with Crippen molar-refractivity contribution in [3.63, 3.8) is 0 Å². The number of halogens is 3. The van der Waals surface area contributed by atoms with Gasteiger partial charge in [0.15, 0.2) is 0 Å². The Morgan fingerprint density at radius 2 is 1.95 bits per heavy atom. The number of hydrogen-bond acceptors (Lipinski definition) is 2. The van der Waals surface area contributed by atoms with E-state index in [9.17, 15) is 4.79 Å². The number of hydrogen-bond donors (Lipinski definition) is 0. The van der Waals surface area contributed by atoms with Gasteiger partial charge in [0.1, 0.15) is 0 Å². The van der Waals surface area contributed by atoms with Gasteiger partial charge in [0.25, 0.3) is 0 Å². The van der Waals surface area contributed by atoms with Gasteiger partial charge in [-0.05, 0) is 49.1 Å². The number of carbonyl (C=O) groups is 1. The summed E-state index contributed by atoms with van der Waals surface area (Å²) in [6.07, 6.45) is 3.49. The van der Waals surface area contributed by atoms with Crippen molar-refractivity contribution in [3.8, 4) is 0 Å². The molecule has 0 heterocycles. The summed E-state index contributed by atoms with van der Waals surface area (Å²) >= 11 is 17.8. The summed E-state index contributed by atoms with van der Waals surface area (Å²) in [5.74, 6) is 1.56. The summed E-state index contributed by atoms with van der Waals surface area (Å²) in [4.78, 5) is 12.1. The number of esters is 1. The first-order valence-electron chi connectivity index (χ1n) is 7.21. The molecule has 0 spiro atoms. The van der Waals surface area contributed by atoms with Crippen molar-refractivity contribution in [3.05, 3.63) is 32.8 Å². The fourth-order valence-corrected chi connectivity index (χ4v) is 3.39. The minimum Gasteiger partial charge on any atom is -0.462 e. The Balaban J connectivity index is 1.93. The van der Waals surface area contributed by atoms with Crippen molar-refractivity contribution in [2.75, 3.05) is 6.61 Å². The summed E-state index contributed by atoms with van der Waals surface area (Å²) in [7, 11) is 0. The van der Waals surface area contributed by atoms with E-state index in [0.29, 0.717) is 23.5 Å². The topological polar surface area (TPSA) is 26.3 Å². The van der Waals surface area contributed by atoms with E-state index in [0.717, 1.165) is 12.3 Å². The molecule has 0 aromatic heterocycles. The molecule has 0 radical (unpaired) electrons. The number of ether oxygens (including phenoxy) is 1. The molecule has 0 N–H and O–H groups in total. The van der Waals surface area contributed by atoms with Crippen LogP contribution in [0.1, 0.15) is 43.5 Å². The first-order valence-corrected chi connectivity index (χ1v) is 8.35. The quantitative estimate of drug-likeness (QED) is 0.474. The van der Waals surface area contributed by atoms with Gasteiger partial charge < -0.3 is 4.74 Å². The van der Waals surface area contributed by atoms with Crippen LogP contribution >= 0.6 is 34.8 Å². The maximum Gasteiger partial charge on any atom is 0.339 e. The zero-order chi connectivity index (χ0) is 15.6. The van der Waals surface area contributed by atoms with E-state index in [1.165, 1.54) is 25.0 Å². The zero-order valence-corrected chi connectivity index (χ0v) is 14.4. The van der Waals surface area contributed by atoms with Gasteiger partial charge in [0.2, 0.25) is 0 Å². The maximum absolute atomic E-state index is 12.1. The molecule has 1 aromatic rings. The van der Waals surface area contributed by atoms with Crippen LogP contribution in [0.25, 0.3) is 0 Å². The molecule has 1 aliphatic carbocycles. The van der Waals surface area contributed by atoms with E-state index in [2.05, 4.69) is 13.8 Å². The van der Waals surface area contributed by atoms with Gasteiger partial charge >= 0.3 is 5.97 Å². The van der Waals surface area contributed by atoms with Crippen molar-refractivity contribution >= 4 is 40.8 Å². The van der Waals surface area contributed by atoms with Gasteiger partial charge in [-0.3, -0.25) is 0 Å². The van der Waals surface area contributed by atoms with Crippen LogP contribution in [0.2, 0.25) is 15.1 Å². The predicted molar refractivity (Wildman–Crippen MR) is 87.4 cm³/mol. The second-order valence-electron chi connectivity index (χ2n) is 5.92. The van der Waals surface area contributed by atoms with Crippen molar-refractivity contribution in [1.29, 1.82) is 0 Å². The molecule has 0 aliphatic heterocycles. The fourth-order valence-electron chi connectivity index (χ4n) is 2.71. The molecular weight excluding hydrogens is 331 g/mol. The molecule has 1 unspecified atom stereocenters. The highest BCUT2D eigenvalue weighted by Crippen LogP contribution is 2.42. The summed E-state index contributed by atoms with van der Waals surface area (Å²) < 4.78 is 5.34. The third kappa shape index (κ3) is 4.51. The average molecular weight is 350 g/mol. The second-order valence-corrected chi connectivity index (χ2v) is 7.14. The molecule has 1 atom stereocenters. The van der Waals surface area contributed by atoms with Gasteiger partial charge in [-0.25, -0.2) is 4.79 Å². The lowest BCUT2D eigenvalue weighted by Crippen LogP contribution is -2.16. The van der Waals surface area contributed by atoms with E-state index in [-0.39, 0.29) is 15.6 Å². The highest BCUT2D eigenvalue weighted by atomic mass is 35.5. The van der Waals surface area contributed by atoms with Crippen LogP contribution in [0, 0.1) is 17.8 Å². The van der Waals surface area contributed by atoms with Gasteiger partial charge in [0.05, 0.1) is 22.2 Å². The third-order valence-electron chi connectivity index (χ3n) is 3.98. The van der Waals surface area contributed by atoms with E-state index in [4.69, 9.17) is 39.5 Å². The third-order valence-corrected chi connectivity index (χ3v) is 5.00. The highest BCUT2D eigenvalue weighted by Gasteiger charge is 2.32. The van der Waals surface area contributed by atoms with Crippen LogP contribution in [0.15, 0.2) is 12.1 Å². The van der Waals surface area contributed by atoms with Gasteiger partial charge in [-0.15, -0.1) is 0 Å². The van der Waals surface area contributed by atoms with Gasteiger partial charge in [-0.1, -0.05) is 48.7 Å². The Labute approximate surface area is 140 Å². The molecule has 2 nitrogen and oxygen atoms in total. The van der Waals surface area contributed by atoms with Crippen LogP contribution in [-0.2, 0) is 4.74 Å². The first kappa shape index (κ1) is 16.9. The Hall–Kier alpha value is -0.440. The average Bonchev–Trinajstić information content (AvgIpc) is 3.22. The molecule has 21 heavy (non-hydrogen) atoms. The van der Waals surface area contributed by atoms with Crippen LogP contribution < -0.4 is 0 Å². The molecular formula is C16H19Cl3O2. The Kier molecular flexibility index (Phi) is 5.81. The predicted octanol–water partition coefficient (Wildman–Crippen LogP) is 5.88. The number of carbonyl (C=O) groups excluding carboxylic acids is 1. The van der Waals surface area contributed by atoms with Gasteiger partial charge in [0, 0.05) is 5.02 Å². The summed E-state index contributed by atoms with van der Waals surface area (Å²) in [6, 6.07) is 2.99. The molecule has 116 valence electrons. The lowest BCUT2D eigenvalue weighted by atomic mass is 9.88. The number of benzene rings is 1. The molecule has 5 heteroatoms. The summed E-state index contributed by atoms with van der Waals surface area (Å²) in [6.45, 7) is 4.84. The first-order chi connectivity index (χ1) is 9.90. The fraction of sp³-hybridized carbons (Fsp3) is 0.562. The Morgan fingerprint density at radius 1 is 1.29 bits per heavy atom. The molecule has 0 amide bonds. The maximum atomic E-state index is 12.1. The van der Waals surface area contributed by atoms with E-state index in [1.54, 1.807) is 0 Å². The summed E-state index contributed by atoms with van der Waals surface area (Å²) in [5.41, 5.74) is 0.224. The molecule has 1 saturated carbocycles. The molecule has 0 bridgehead atoms. The lowest BCUT2D eigenvalue weighted by Gasteiger charge is -2.20. The van der Waals surface area contributed by atoms with Crippen molar-refractivity contribution in [1.82, 2.24) is 0 Å². The minimum absolute atomic E-state index is 0.189. The van der Waals surface area contributed by atoms with E-state index in [1.807, 2.05) is 0 Å². The zero-order valence-electron chi connectivity index (χ0n) is 12.2. The van der Waals surface area contributed by atoms with Crippen LogP contribution in [-0.4, -0.2) is 12.6 Å². The van der Waals surface area contributed by atoms with E-state index >= 15 is 0 Å². The van der Waals surface area contributed by atoms with E-state index < -0.39 is 5.97 Å². The SMILES string of the molecule is CC(C)C(CCOC(=O)c1cc(Cl)cc(Cl)c1Cl)C1CC1. The standard InChI is InChI=1S/C16H19Cl3O2/c1-9(2)12(10-3-4-10)5-6-21-16(20)13-7-11(17)8-14(18)15(13)19/h7-10,12H,3-6H2,1-2H3. The molecule has 1 fully saturated rings. The Morgan fingerprint density at radius 3 is 2.52 bits per heavy atom. The monoisotopic (exact) mass is 348 g/mol. The molecule has 1 aromatic carbocycles. The highest BCUT2D eigenvalue weighted by molar-refractivity contribution is 6.45. The summed E-state index contributed by atoms with van der Waals surface area (Å²) in [5, 5.41) is 0.817. The van der Waals surface area contributed by atoms with Crippen molar-refractivity contribution in [2.45, 2.75) is 33.1 Å². The van der Waals surface area contributed by atoms with Crippen molar-refractivity contribution < 1.29 is 9.53 Å². The Bertz CT molecular complexity index is 522. The van der Waals surface area contributed by atoms with Crippen LogP contribution in [0.3, 0.4) is 0 Å². The lowest BCUT2D eigenvalue weighted by molar-refractivity contribution is 0.0466. The van der Waals surface area contributed by atoms with Crippen LogP contribution in [0.5, 0.6) is 0 Å². The smallest absolute Gasteiger partial charge is 0.339 e. The molecule has 2 rings (SSSR count). The molecule has 1 aliphatic rings. The largest absolute Gasteiger partial charge is 0.462 e. The normalized spacial score (nSPS) is 16.1. The number of rotatable bonds is 6. The van der Waals surface area contributed by atoms with Gasteiger partial charge in [-0.2, -0.15) is 0 Å². The second kappa shape index (κ2) is 7.21. The minimum atomic E-state index is -0.470. The van der Waals surface area contributed by atoms with Crippen molar-refractivity contribution in [2.24, 2.45) is 17.8 Å². The molecule has 0 saturated heterocycles.